The van der Waals surface area contributed by atoms with Crippen molar-refractivity contribution in [3.63, 3.8) is 0 Å². The molecule has 2 aromatic rings. The molecule has 0 saturated heterocycles. The summed E-state index contributed by atoms with van der Waals surface area (Å²) in [7, 11) is 0. The Hall–Kier alpha value is -1.82. The van der Waals surface area contributed by atoms with Gasteiger partial charge in [0.05, 0.1) is 12.2 Å². The first-order valence-electron chi connectivity index (χ1n) is 13.0. The zero-order valence-electron chi connectivity index (χ0n) is 20.4. The van der Waals surface area contributed by atoms with Crippen molar-refractivity contribution in [1.29, 1.82) is 0 Å². The molecular weight excluding hydrogens is 428 g/mol. The van der Waals surface area contributed by atoms with E-state index < -0.39 is 0 Å². The molecule has 0 atom stereocenters. The molecule has 1 aromatic carbocycles. The van der Waals surface area contributed by atoms with Crippen LogP contribution in [0, 0.1) is 23.2 Å². The summed E-state index contributed by atoms with van der Waals surface area (Å²) in [5.41, 5.74) is 3.70. The SMILES string of the molecule is CCCSc1nnc(CNC(=O)C23CC4CC(CC(C4)C2)C3)n1-c1c(CC)cccc1CC. The fraction of sp³-hybridized carbons (Fsp3) is 0.667. The number of carbonyl (C=O) groups is 1. The molecule has 5 nitrogen and oxygen atoms in total. The van der Waals surface area contributed by atoms with Crippen molar-refractivity contribution in [2.24, 2.45) is 23.2 Å². The molecule has 1 heterocycles. The number of para-hydroxylation sites is 1. The van der Waals surface area contributed by atoms with Crippen molar-refractivity contribution < 1.29 is 4.79 Å². The van der Waals surface area contributed by atoms with Crippen LogP contribution in [0.1, 0.15) is 82.7 Å². The second-order valence-corrected chi connectivity index (χ2v) is 11.7. The summed E-state index contributed by atoms with van der Waals surface area (Å²) in [6.45, 7) is 7.05. The Morgan fingerprint density at radius 2 is 1.64 bits per heavy atom. The number of carbonyl (C=O) groups excluding carboxylic acids is 1. The van der Waals surface area contributed by atoms with Crippen molar-refractivity contribution in [3.05, 3.63) is 35.2 Å². The molecule has 0 radical (unpaired) electrons. The third kappa shape index (κ3) is 4.24. The second kappa shape index (κ2) is 9.44. The van der Waals surface area contributed by atoms with Crippen LogP contribution < -0.4 is 5.32 Å². The lowest BCUT2D eigenvalue weighted by molar-refractivity contribution is -0.146. The molecule has 0 spiro atoms. The standard InChI is InChI=1S/C27H38N4OS/c1-4-10-33-26-30-29-23(31(26)24-21(5-2)8-7-9-22(24)6-3)17-28-25(32)27-14-18-11-19(15-27)13-20(12-18)16-27/h7-9,18-20H,4-6,10-17H2,1-3H3,(H,28,32). The fourth-order valence-electron chi connectivity index (χ4n) is 7.16. The molecule has 33 heavy (non-hydrogen) atoms. The lowest BCUT2D eigenvalue weighted by atomic mass is 9.49. The predicted molar refractivity (Wildman–Crippen MR) is 134 cm³/mol. The summed E-state index contributed by atoms with van der Waals surface area (Å²) >= 11 is 1.76. The van der Waals surface area contributed by atoms with Gasteiger partial charge in [0.15, 0.2) is 11.0 Å². The molecule has 4 fully saturated rings. The number of thioether (sulfide) groups is 1. The highest BCUT2D eigenvalue weighted by molar-refractivity contribution is 7.99. The van der Waals surface area contributed by atoms with Crippen molar-refractivity contribution >= 4 is 17.7 Å². The van der Waals surface area contributed by atoms with E-state index in [9.17, 15) is 4.79 Å². The normalized spacial score (nSPS) is 27.8. The van der Waals surface area contributed by atoms with E-state index in [1.165, 1.54) is 36.1 Å². The van der Waals surface area contributed by atoms with E-state index in [0.29, 0.717) is 6.54 Å². The number of amides is 1. The van der Waals surface area contributed by atoms with Gasteiger partial charge in [0.1, 0.15) is 0 Å². The minimum absolute atomic E-state index is 0.130. The predicted octanol–water partition coefficient (Wildman–Crippen LogP) is 5.73. The van der Waals surface area contributed by atoms with Gasteiger partial charge in [0, 0.05) is 11.2 Å². The Bertz CT molecular complexity index is 956. The lowest BCUT2D eigenvalue weighted by Gasteiger charge is -2.55. The Kier molecular flexibility index (Phi) is 6.56. The van der Waals surface area contributed by atoms with Crippen molar-refractivity contribution in [3.8, 4) is 5.69 Å². The topological polar surface area (TPSA) is 59.8 Å². The van der Waals surface area contributed by atoms with E-state index in [1.807, 2.05) is 0 Å². The van der Waals surface area contributed by atoms with Crippen molar-refractivity contribution in [2.45, 2.75) is 90.3 Å². The monoisotopic (exact) mass is 466 g/mol. The molecule has 1 amide bonds. The molecule has 0 aliphatic heterocycles. The number of hydrogen-bond acceptors (Lipinski definition) is 4. The molecule has 4 bridgehead atoms. The Morgan fingerprint density at radius 1 is 1.03 bits per heavy atom. The van der Waals surface area contributed by atoms with Gasteiger partial charge in [-0.25, -0.2) is 0 Å². The van der Waals surface area contributed by atoms with Crippen LogP contribution in [0.15, 0.2) is 23.4 Å². The van der Waals surface area contributed by atoms with Gasteiger partial charge in [0.25, 0.3) is 0 Å². The molecule has 0 unspecified atom stereocenters. The molecule has 1 N–H and O–H groups in total. The zero-order chi connectivity index (χ0) is 23.0. The van der Waals surface area contributed by atoms with Gasteiger partial charge in [-0.3, -0.25) is 9.36 Å². The Balaban J connectivity index is 1.43. The molecule has 4 saturated carbocycles. The molecule has 178 valence electrons. The number of nitrogens with zero attached hydrogens (tertiary/aromatic N) is 3. The second-order valence-electron chi connectivity index (χ2n) is 10.6. The van der Waals surface area contributed by atoms with E-state index in [1.54, 1.807) is 11.8 Å². The van der Waals surface area contributed by atoms with Gasteiger partial charge in [-0.2, -0.15) is 0 Å². The van der Waals surface area contributed by atoms with Crippen LogP contribution in [0.2, 0.25) is 0 Å². The summed E-state index contributed by atoms with van der Waals surface area (Å²) in [6, 6.07) is 6.57. The fourth-order valence-corrected chi connectivity index (χ4v) is 7.98. The van der Waals surface area contributed by atoms with Gasteiger partial charge in [0.2, 0.25) is 5.91 Å². The van der Waals surface area contributed by atoms with Gasteiger partial charge < -0.3 is 5.32 Å². The van der Waals surface area contributed by atoms with Crippen LogP contribution in [0.5, 0.6) is 0 Å². The van der Waals surface area contributed by atoms with Crippen LogP contribution in [0.4, 0.5) is 0 Å². The van der Waals surface area contributed by atoms with Gasteiger partial charge in [-0.15, -0.1) is 10.2 Å². The Labute approximate surface area is 202 Å². The molecule has 4 aliphatic rings. The highest BCUT2D eigenvalue weighted by Gasteiger charge is 2.54. The third-order valence-corrected chi connectivity index (χ3v) is 9.39. The van der Waals surface area contributed by atoms with Crippen molar-refractivity contribution in [2.75, 3.05) is 5.75 Å². The molecular formula is C27H38N4OS. The maximum atomic E-state index is 13.6. The zero-order valence-corrected chi connectivity index (χ0v) is 21.2. The number of rotatable bonds is 9. The molecule has 6 heteroatoms. The summed E-state index contributed by atoms with van der Waals surface area (Å²) < 4.78 is 2.23. The number of hydrogen-bond donors (Lipinski definition) is 1. The number of nitrogens with one attached hydrogen (secondary N) is 1. The van der Waals surface area contributed by atoms with E-state index in [0.717, 1.165) is 73.0 Å². The van der Waals surface area contributed by atoms with Crippen LogP contribution in [-0.4, -0.2) is 26.4 Å². The average molecular weight is 467 g/mol. The van der Waals surface area contributed by atoms with E-state index in [4.69, 9.17) is 0 Å². The van der Waals surface area contributed by atoms with E-state index in [2.05, 4.69) is 59.1 Å². The van der Waals surface area contributed by atoms with Gasteiger partial charge >= 0.3 is 0 Å². The lowest BCUT2D eigenvalue weighted by Crippen LogP contribution is -2.53. The molecule has 4 aliphatic carbocycles. The van der Waals surface area contributed by atoms with Crippen LogP contribution in [0.3, 0.4) is 0 Å². The first kappa shape index (κ1) is 22.9. The quantitative estimate of drug-likeness (QED) is 0.480. The molecule has 1 aromatic heterocycles. The summed E-state index contributed by atoms with van der Waals surface area (Å²) in [4.78, 5) is 13.6. The van der Waals surface area contributed by atoms with Crippen molar-refractivity contribution in [1.82, 2.24) is 20.1 Å². The number of aryl methyl sites for hydroxylation is 2. The molecule has 6 rings (SSSR count). The van der Waals surface area contributed by atoms with Crippen LogP contribution >= 0.6 is 11.8 Å². The Morgan fingerprint density at radius 3 is 2.18 bits per heavy atom. The maximum Gasteiger partial charge on any atom is 0.226 e. The number of benzene rings is 1. The summed E-state index contributed by atoms with van der Waals surface area (Å²) in [5, 5.41) is 13.4. The smallest absolute Gasteiger partial charge is 0.226 e. The minimum Gasteiger partial charge on any atom is -0.348 e. The minimum atomic E-state index is -0.130. The van der Waals surface area contributed by atoms with Crippen LogP contribution in [0.25, 0.3) is 5.69 Å². The maximum absolute atomic E-state index is 13.6. The summed E-state index contributed by atoms with van der Waals surface area (Å²) in [6.07, 6.45) is 10.3. The van der Waals surface area contributed by atoms with E-state index in [-0.39, 0.29) is 11.3 Å². The largest absolute Gasteiger partial charge is 0.348 e. The highest BCUT2D eigenvalue weighted by Crippen LogP contribution is 2.60. The highest BCUT2D eigenvalue weighted by atomic mass is 32.2. The number of aromatic nitrogens is 3. The average Bonchev–Trinajstić information content (AvgIpc) is 3.21. The van der Waals surface area contributed by atoms with Crippen LogP contribution in [-0.2, 0) is 24.2 Å². The summed E-state index contributed by atoms with van der Waals surface area (Å²) in [5.74, 6) is 4.43. The first-order valence-corrected chi connectivity index (χ1v) is 14.0. The first-order chi connectivity index (χ1) is 16.1. The third-order valence-electron chi connectivity index (χ3n) is 8.25. The van der Waals surface area contributed by atoms with E-state index >= 15 is 0 Å². The van der Waals surface area contributed by atoms with Gasteiger partial charge in [-0.05, 0) is 86.7 Å². The van der Waals surface area contributed by atoms with Gasteiger partial charge in [-0.1, -0.05) is 50.7 Å².